The van der Waals surface area contributed by atoms with Gasteiger partial charge in [-0.25, -0.2) is 0 Å². The minimum absolute atomic E-state index is 0.122. The number of aliphatic imine (C=N–C) groups is 1. The second kappa shape index (κ2) is 9.84. The van der Waals surface area contributed by atoms with Crippen LogP contribution in [0, 0.1) is 17.2 Å². The van der Waals surface area contributed by atoms with Crippen LogP contribution in [0.1, 0.15) is 23.1 Å². The molecule has 10 heteroatoms. The second-order valence-electron chi connectivity index (χ2n) is 9.55. The zero-order valence-corrected chi connectivity index (χ0v) is 20.6. The molecule has 4 aliphatic rings. The van der Waals surface area contributed by atoms with Crippen molar-refractivity contribution in [1.82, 2.24) is 4.90 Å². The van der Waals surface area contributed by atoms with Gasteiger partial charge in [0.1, 0.15) is 17.2 Å². The molecule has 3 aliphatic heterocycles. The molecule has 0 amide bonds. The third-order valence-electron chi connectivity index (χ3n) is 7.04. The van der Waals surface area contributed by atoms with Gasteiger partial charge in [-0.2, -0.15) is 18.4 Å². The topological polar surface area (TPSA) is 84.1 Å². The van der Waals surface area contributed by atoms with Crippen molar-refractivity contribution < 1.29 is 32.2 Å². The number of halogens is 3. The molecule has 0 aromatic heterocycles. The van der Waals surface area contributed by atoms with Crippen molar-refractivity contribution in [2.24, 2.45) is 10.9 Å². The summed E-state index contributed by atoms with van der Waals surface area (Å²) in [7, 11) is 0. The number of ketones is 1. The second-order valence-corrected chi connectivity index (χ2v) is 9.55. The SMILES string of the molecule is N#Cc1ccc(Oc2ccc3c(c2)C=C2C=NC4=CC(CCN5CCOCC5)C(=O)C(=C24)O3)c(C(F)(F)F)c1. The van der Waals surface area contributed by atoms with Gasteiger partial charge in [-0.1, -0.05) is 0 Å². The molecule has 0 radical (unpaired) electrons. The van der Waals surface area contributed by atoms with Crippen LogP contribution in [0.4, 0.5) is 13.2 Å². The molecule has 1 atom stereocenters. The van der Waals surface area contributed by atoms with Gasteiger partial charge in [0, 0.05) is 36.4 Å². The lowest BCUT2D eigenvalue weighted by molar-refractivity contribution is -0.138. The van der Waals surface area contributed by atoms with Crippen LogP contribution in [0.2, 0.25) is 0 Å². The number of hydrogen-bond donors (Lipinski definition) is 0. The van der Waals surface area contributed by atoms with Crippen molar-refractivity contribution in [2.45, 2.75) is 12.6 Å². The first-order chi connectivity index (χ1) is 18.8. The van der Waals surface area contributed by atoms with E-state index in [-0.39, 0.29) is 28.8 Å². The Hall–Kier alpha value is -4.20. The van der Waals surface area contributed by atoms with Crippen LogP contribution >= 0.6 is 0 Å². The first-order valence-electron chi connectivity index (χ1n) is 12.5. The van der Waals surface area contributed by atoms with E-state index in [0.717, 1.165) is 31.8 Å². The smallest absolute Gasteiger partial charge is 0.420 e. The van der Waals surface area contributed by atoms with Gasteiger partial charge < -0.3 is 14.2 Å². The summed E-state index contributed by atoms with van der Waals surface area (Å²) >= 11 is 0. The summed E-state index contributed by atoms with van der Waals surface area (Å²) in [5.74, 6) is -0.172. The Labute approximate surface area is 222 Å². The lowest BCUT2D eigenvalue weighted by Crippen LogP contribution is -2.38. The third-order valence-corrected chi connectivity index (χ3v) is 7.04. The molecule has 6 rings (SSSR count). The fourth-order valence-corrected chi connectivity index (χ4v) is 5.03. The Morgan fingerprint density at radius 3 is 2.74 bits per heavy atom. The minimum atomic E-state index is -4.70. The molecule has 0 N–H and O–H groups in total. The highest BCUT2D eigenvalue weighted by atomic mass is 19.4. The predicted molar refractivity (Wildman–Crippen MR) is 135 cm³/mol. The number of carbonyl (C=O) groups excluding carboxylic acids is 1. The van der Waals surface area contributed by atoms with Crippen molar-refractivity contribution in [3.05, 3.63) is 81.8 Å². The number of hydrogen-bond acceptors (Lipinski definition) is 7. The maximum absolute atomic E-state index is 13.6. The molecule has 2 aromatic rings. The lowest BCUT2D eigenvalue weighted by Gasteiger charge is -2.28. The number of carbonyl (C=O) groups is 1. The van der Waals surface area contributed by atoms with E-state index in [1.165, 1.54) is 12.1 Å². The highest BCUT2D eigenvalue weighted by Crippen LogP contribution is 2.44. The zero-order chi connectivity index (χ0) is 27.1. The molecule has 1 aliphatic carbocycles. The fourth-order valence-electron chi connectivity index (χ4n) is 5.03. The highest BCUT2D eigenvalue weighted by molar-refractivity contribution is 6.08. The largest absolute Gasteiger partial charge is 0.457 e. The molecule has 7 nitrogen and oxygen atoms in total. The van der Waals surface area contributed by atoms with E-state index in [4.69, 9.17) is 19.5 Å². The number of alkyl halides is 3. The Balaban J connectivity index is 1.26. The molecule has 1 saturated heterocycles. The summed E-state index contributed by atoms with van der Waals surface area (Å²) in [6.45, 7) is 3.78. The van der Waals surface area contributed by atoms with E-state index >= 15 is 0 Å². The fraction of sp³-hybridized carbons (Fsp3) is 0.276. The van der Waals surface area contributed by atoms with Crippen LogP contribution in [0.15, 0.2) is 70.1 Å². The molecule has 0 bridgehead atoms. The maximum Gasteiger partial charge on any atom is 0.420 e. The quantitative estimate of drug-likeness (QED) is 0.520. The molecule has 3 heterocycles. The molecule has 0 saturated carbocycles. The van der Waals surface area contributed by atoms with Gasteiger partial charge >= 0.3 is 6.18 Å². The van der Waals surface area contributed by atoms with Gasteiger partial charge in [0.15, 0.2) is 5.76 Å². The number of ether oxygens (including phenoxy) is 3. The summed E-state index contributed by atoms with van der Waals surface area (Å²) in [5, 5.41) is 9.00. The van der Waals surface area contributed by atoms with Crippen LogP contribution in [-0.2, 0) is 15.7 Å². The number of fused-ring (bicyclic) bond motifs is 1. The van der Waals surface area contributed by atoms with E-state index in [2.05, 4.69) is 9.89 Å². The van der Waals surface area contributed by atoms with Crippen LogP contribution in [-0.4, -0.2) is 49.7 Å². The van der Waals surface area contributed by atoms with Gasteiger partial charge in [0.05, 0.1) is 41.7 Å². The number of benzene rings is 2. The Morgan fingerprint density at radius 2 is 1.97 bits per heavy atom. The summed E-state index contributed by atoms with van der Waals surface area (Å²) in [4.78, 5) is 20.3. The lowest BCUT2D eigenvalue weighted by atomic mass is 9.87. The van der Waals surface area contributed by atoms with E-state index in [0.29, 0.717) is 47.8 Å². The Bertz CT molecular complexity index is 1530. The van der Waals surface area contributed by atoms with Gasteiger partial charge in [-0.05, 0) is 61.5 Å². The average molecular weight is 534 g/mol. The summed E-state index contributed by atoms with van der Waals surface area (Å²) in [5.41, 5.74) is 1.34. The molecular formula is C29H22F3N3O4. The first-order valence-corrected chi connectivity index (χ1v) is 12.5. The van der Waals surface area contributed by atoms with Crippen molar-refractivity contribution in [2.75, 3.05) is 32.8 Å². The van der Waals surface area contributed by atoms with Crippen LogP contribution in [0.5, 0.6) is 17.2 Å². The third kappa shape index (κ3) is 4.87. The Kier molecular flexibility index (Phi) is 6.33. The summed E-state index contributed by atoms with van der Waals surface area (Å²) < 4.78 is 58.0. The van der Waals surface area contributed by atoms with E-state index < -0.39 is 17.5 Å². The highest BCUT2D eigenvalue weighted by Gasteiger charge is 2.38. The summed E-state index contributed by atoms with van der Waals surface area (Å²) in [6, 6.07) is 9.46. The molecular weight excluding hydrogens is 511 g/mol. The predicted octanol–water partition coefficient (Wildman–Crippen LogP) is 5.29. The van der Waals surface area contributed by atoms with E-state index in [1.54, 1.807) is 30.5 Å². The van der Waals surface area contributed by atoms with Crippen LogP contribution in [0.3, 0.4) is 0 Å². The number of nitriles is 1. The zero-order valence-electron chi connectivity index (χ0n) is 20.6. The monoisotopic (exact) mass is 533 g/mol. The molecule has 1 unspecified atom stereocenters. The van der Waals surface area contributed by atoms with Gasteiger partial charge in [-0.15, -0.1) is 0 Å². The maximum atomic E-state index is 13.6. The summed E-state index contributed by atoms with van der Waals surface area (Å²) in [6.07, 6.45) is 1.25. The van der Waals surface area contributed by atoms with Crippen LogP contribution < -0.4 is 9.47 Å². The molecule has 2 aromatic carbocycles. The first kappa shape index (κ1) is 25.1. The van der Waals surface area contributed by atoms with Crippen molar-refractivity contribution >= 4 is 18.1 Å². The normalized spacial score (nSPS) is 20.4. The van der Waals surface area contributed by atoms with Gasteiger partial charge in [-0.3, -0.25) is 14.7 Å². The molecule has 1 fully saturated rings. The minimum Gasteiger partial charge on any atom is -0.457 e. The van der Waals surface area contributed by atoms with Crippen molar-refractivity contribution in [3.8, 4) is 23.3 Å². The molecule has 39 heavy (non-hydrogen) atoms. The number of nitrogens with zero attached hydrogens (tertiary/aromatic N) is 3. The van der Waals surface area contributed by atoms with Crippen molar-refractivity contribution in [3.63, 3.8) is 0 Å². The van der Waals surface area contributed by atoms with Crippen LogP contribution in [0.25, 0.3) is 6.08 Å². The van der Waals surface area contributed by atoms with Gasteiger partial charge in [0.25, 0.3) is 0 Å². The van der Waals surface area contributed by atoms with Gasteiger partial charge in [0.2, 0.25) is 5.78 Å². The number of rotatable bonds is 5. The average Bonchev–Trinajstić information content (AvgIpc) is 3.24. The standard InChI is InChI=1S/C29H22F3N3O4/c30-29(31,32)22-11-17(15-33)1-3-25(22)38-21-2-4-24-19(13-21)12-20-16-34-23-14-18(27(36)28(39-24)26(20)23)5-6-35-7-9-37-10-8-35/h1-4,11-14,16,18H,5-10H2. The number of allylic oxidation sites excluding steroid dienone is 3. The molecule has 0 spiro atoms. The molecule has 198 valence electrons. The van der Waals surface area contributed by atoms with Crippen molar-refractivity contribution in [1.29, 1.82) is 5.26 Å². The number of Topliss-reactive ketones (excluding diaryl/α,β-unsaturated/α-hetero) is 1. The van der Waals surface area contributed by atoms with E-state index in [1.807, 2.05) is 6.08 Å². The number of morpholine rings is 1. The van der Waals surface area contributed by atoms with E-state index in [9.17, 15) is 18.0 Å². The Morgan fingerprint density at radius 1 is 1.15 bits per heavy atom.